The predicted molar refractivity (Wildman–Crippen MR) is 145 cm³/mol. The molecule has 3 heteroatoms. The molecule has 0 radical (unpaired) electrons. The molecule has 194 valence electrons. The fourth-order valence-corrected chi connectivity index (χ4v) is 8.27. The highest BCUT2D eigenvalue weighted by Gasteiger charge is 2.39. The lowest BCUT2D eigenvalue weighted by Gasteiger charge is -2.37. The SMILES string of the molecule is C.CC(C)N1C2CCCC1CC2.CC(C)N1CC2CCC(C2)C1.CC(C)N1CC2CCC1C2. The molecule has 33 heavy (non-hydrogen) atoms. The van der Waals surface area contributed by atoms with Gasteiger partial charge in [-0.2, -0.15) is 0 Å². The van der Waals surface area contributed by atoms with Crippen molar-refractivity contribution in [3.05, 3.63) is 0 Å². The van der Waals surface area contributed by atoms with E-state index in [1.54, 1.807) is 0 Å². The van der Waals surface area contributed by atoms with Gasteiger partial charge in [0.2, 0.25) is 0 Å². The highest BCUT2D eigenvalue weighted by molar-refractivity contribution is 4.94. The van der Waals surface area contributed by atoms with Crippen molar-refractivity contribution in [2.24, 2.45) is 17.8 Å². The van der Waals surface area contributed by atoms with E-state index in [9.17, 15) is 0 Å². The number of piperidine rings is 3. The molecule has 3 nitrogen and oxygen atoms in total. The van der Waals surface area contributed by atoms with Crippen molar-refractivity contribution in [1.82, 2.24) is 14.7 Å². The quantitative estimate of drug-likeness (QED) is 0.445. The van der Waals surface area contributed by atoms with E-state index >= 15 is 0 Å². The number of nitrogens with zero attached hydrogens (tertiary/aromatic N) is 3. The summed E-state index contributed by atoms with van der Waals surface area (Å²) in [7, 11) is 0. The van der Waals surface area contributed by atoms with Crippen molar-refractivity contribution in [1.29, 1.82) is 0 Å². The van der Waals surface area contributed by atoms with Gasteiger partial charge >= 0.3 is 0 Å². The molecule has 6 bridgehead atoms. The Kier molecular flexibility index (Phi) is 10.2. The molecule has 6 aliphatic rings. The van der Waals surface area contributed by atoms with Gasteiger partial charge in [0.1, 0.15) is 0 Å². The minimum Gasteiger partial charge on any atom is -0.300 e. The summed E-state index contributed by atoms with van der Waals surface area (Å²) in [6, 6.07) is 5.22. The maximum Gasteiger partial charge on any atom is 0.0101 e. The average Bonchev–Trinajstić information content (AvgIpc) is 3.52. The first kappa shape index (κ1) is 27.5. The molecule has 0 aromatic heterocycles. The highest BCUT2D eigenvalue weighted by Crippen LogP contribution is 2.39. The van der Waals surface area contributed by atoms with Crippen molar-refractivity contribution in [2.45, 2.75) is 156 Å². The van der Waals surface area contributed by atoms with E-state index < -0.39 is 0 Å². The lowest BCUT2D eigenvalue weighted by molar-refractivity contribution is 0.104. The van der Waals surface area contributed by atoms with Crippen LogP contribution in [0.3, 0.4) is 0 Å². The summed E-state index contributed by atoms with van der Waals surface area (Å²) in [6.07, 6.45) is 16.4. The van der Waals surface area contributed by atoms with Gasteiger partial charge in [0, 0.05) is 55.9 Å². The number of likely N-dealkylation sites (tertiary alicyclic amines) is 2. The molecular weight excluding hydrogens is 402 g/mol. The smallest absolute Gasteiger partial charge is 0.0101 e. The summed E-state index contributed by atoms with van der Waals surface area (Å²) in [6.45, 7) is 18.1. The maximum atomic E-state index is 2.75. The van der Waals surface area contributed by atoms with Gasteiger partial charge in [-0.25, -0.2) is 0 Å². The average molecular weight is 462 g/mol. The summed E-state index contributed by atoms with van der Waals surface area (Å²) < 4.78 is 0. The normalized spacial score (nSPS) is 37.7. The third-order valence-corrected chi connectivity index (χ3v) is 9.83. The van der Waals surface area contributed by atoms with E-state index in [1.165, 1.54) is 90.3 Å². The molecule has 2 aliphatic carbocycles. The predicted octanol–water partition coefficient (Wildman–Crippen LogP) is 7.05. The molecule has 2 saturated carbocycles. The van der Waals surface area contributed by atoms with Crippen LogP contribution in [-0.2, 0) is 0 Å². The lowest BCUT2D eigenvalue weighted by atomic mass is 9.98. The van der Waals surface area contributed by atoms with Crippen LogP contribution in [0.15, 0.2) is 0 Å². The Labute approximate surface area is 208 Å². The van der Waals surface area contributed by atoms with Crippen LogP contribution in [0, 0.1) is 17.8 Å². The number of hydrogen-bond acceptors (Lipinski definition) is 3. The molecule has 0 spiro atoms. The molecule has 0 aromatic carbocycles. The first-order valence-electron chi connectivity index (χ1n) is 14.6. The van der Waals surface area contributed by atoms with Crippen LogP contribution in [0.2, 0.25) is 0 Å². The Hall–Kier alpha value is -0.120. The van der Waals surface area contributed by atoms with Crippen LogP contribution in [0.1, 0.15) is 120 Å². The van der Waals surface area contributed by atoms with E-state index in [-0.39, 0.29) is 7.43 Å². The van der Waals surface area contributed by atoms with Crippen LogP contribution < -0.4 is 0 Å². The summed E-state index contributed by atoms with van der Waals surface area (Å²) in [5.74, 6) is 3.17. The summed E-state index contributed by atoms with van der Waals surface area (Å²) >= 11 is 0. The maximum absolute atomic E-state index is 2.75. The second-order valence-corrected chi connectivity index (χ2v) is 13.1. The molecular formula is C30H59N3. The van der Waals surface area contributed by atoms with E-state index in [2.05, 4.69) is 56.2 Å². The van der Waals surface area contributed by atoms with Gasteiger partial charge in [-0.1, -0.05) is 13.8 Å². The molecule has 0 N–H and O–H groups in total. The van der Waals surface area contributed by atoms with Crippen molar-refractivity contribution in [2.75, 3.05) is 19.6 Å². The zero-order valence-corrected chi connectivity index (χ0v) is 22.4. The fourth-order valence-electron chi connectivity index (χ4n) is 8.27. The van der Waals surface area contributed by atoms with E-state index in [4.69, 9.17) is 0 Å². The Morgan fingerprint density at radius 3 is 1.39 bits per heavy atom. The standard InChI is InChI=1S/2C10H19N.C9H17N.CH4/c1-8(2)11-6-9-3-4-10(5-9)7-11;1-8(2)11-9-4-3-5-10(11)7-6-9;1-7(2)10-6-8-3-4-9(10)5-8;/h2*8-10H,3-7H2,1-2H3;7-9H,3-6H2,1-2H3;1H4. The zero-order valence-electron chi connectivity index (χ0n) is 22.4. The van der Waals surface area contributed by atoms with Crippen molar-refractivity contribution >= 4 is 0 Å². The largest absolute Gasteiger partial charge is 0.300 e. The van der Waals surface area contributed by atoms with Crippen molar-refractivity contribution in [3.63, 3.8) is 0 Å². The molecule has 6 atom stereocenters. The van der Waals surface area contributed by atoms with Gasteiger partial charge in [-0.15, -0.1) is 0 Å². The topological polar surface area (TPSA) is 9.72 Å². The zero-order chi connectivity index (χ0) is 22.8. The van der Waals surface area contributed by atoms with Crippen molar-refractivity contribution < 1.29 is 0 Å². The monoisotopic (exact) mass is 461 g/mol. The number of fused-ring (bicyclic) bond motifs is 6. The fraction of sp³-hybridized carbons (Fsp3) is 1.00. The molecule has 4 aliphatic heterocycles. The number of hydrogen-bond donors (Lipinski definition) is 0. The molecule has 4 heterocycles. The Bertz CT molecular complexity index is 545. The summed E-state index contributed by atoms with van der Waals surface area (Å²) in [5, 5.41) is 0. The van der Waals surface area contributed by atoms with E-state index in [1.807, 2.05) is 0 Å². The summed E-state index contributed by atoms with van der Waals surface area (Å²) in [4.78, 5) is 8.09. The summed E-state index contributed by atoms with van der Waals surface area (Å²) in [5.41, 5.74) is 0. The Balaban J connectivity index is 0.000000137. The minimum absolute atomic E-state index is 0. The third kappa shape index (κ3) is 6.76. The van der Waals surface area contributed by atoms with E-state index in [0.717, 1.165) is 54.0 Å². The van der Waals surface area contributed by atoms with Crippen molar-refractivity contribution in [3.8, 4) is 0 Å². The van der Waals surface area contributed by atoms with E-state index in [0.29, 0.717) is 0 Å². The molecule has 6 rings (SSSR count). The molecule has 0 aromatic rings. The van der Waals surface area contributed by atoms with Gasteiger partial charge in [0.05, 0.1) is 0 Å². The molecule has 0 amide bonds. The van der Waals surface area contributed by atoms with Crippen LogP contribution in [0.4, 0.5) is 0 Å². The molecule has 4 saturated heterocycles. The first-order valence-corrected chi connectivity index (χ1v) is 14.6. The molecule has 6 unspecified atom stereocenters. The van der Waals surface area contributed by atoms with Crippen LogP contribution in [0.5, 0.6) is 0 Å². The third-order valence-electron chi connectivity index (χ3n) is 9.83. The first-order chi connectivity index (χ1) is 15.3. The minimum atomic E-state index is 0. The number of rotatable bonds is 3. The van der Waals surface area contributed by atoms with Crippen LogP contribution in [0.25, 0.3) is 0 Å². The Morgan fingerprint density at radius 1 is 0.515 bits per heavy atom. The van der Waals surface area contributed by atoms with Gasteiger partial charge in [-0.05, 0) is 124 Å². The van der Waals surface area contributed by atoms with Gasteiger partial charge < -0.3 is 4.90 Å². The lowest BCUT2D eigenvalue weighted by Crippen LogP contribution is -2.43. The van der Waals surface area contributed by atoms with Gasteiger partial charge in [-0.3, -0.25) is 9.80 Å². The Morgan fingerprint density at radius 2 is 1.03 bits per heavy atom. The van der Waals surface area contributed by atoms with Crippen LogP contribution >= 0.6 is 0 Å². The second kappa shape index (κ2) is 12.2. The van der Waals surface area contributed by atoms with Crippen LogP contribution in [-0.4, -0.2) is 70.6 Å². The second-order valence-electron chi connectivity index (χ2n) is 13.1. The highest BCUT2D eigenvalue weighted by atomic mass is 15.2. The van der Waals surface area contributed by atoms with Gasteiger partial charge in [0.15, 0.2) is 0 Å². The van der Waals surface area contributed by atoms with Gasteiger partial charge in [0.25, 0.3) is 0 Å². The molecule has 6 fully saturated rings.